The van der Waals surface area contributed by atoms with Crippen LogP contribution in [0.3, 0.4) is 0 Å². The van der Waals surface area contributed by atoms with Crippen LogP contribution in [0.4, 0.5) is 5.69 Å². The van der Waals surface area contributed by atoms with Crippen molar-refractivity contribution < 1.29 is 4.79 Å². The number of carbonyl (C=O) groups excluding carboxylic acids is 1. The van der Waals surface area contributed by atoms with Crippen molar-refractivity contribution in [3.05, 3.63) is 77.9 Å². The molecular weight excluding hydrogens is 282 g/mol. The Morgan fingerprint density at radius 2 is 1.62 bits per heavy atom. The molecule has 104 valence electrons. The average Bonchev–Trinajstić information content (AvgIpc) is 2.55. The molecule has 0 saturated heterocycles. The van der Waals surface area contributed by atoms with Crippen LogP contribution in [0.5, 0.6) is 0 Å². The summed E-state index contributed by atoms with van der Waals surface area (Å²) < 4.78 is 0. The number of halogens is 1. The highest BCUT2D eigenvalue weighted by molar-refractivity contribution is 6.17. The molecule has 0 radical (unpaired) electrons. The lowest BCUT2D eigenvalue weighted by Crippen LogP contribution is -2.12. The summed E-state index contributed by atoms with van der Waals surface area (Å²) in [7, 11) is 0. The topological polar surface area (TPSA) is 29.1 Å². The molecule has 1 amide bonds. The third kappa shape index (κ3) is 2.91. The Morgan fingerprint density at radius 3 is 2.38 bits per heavy atom. The van der Waals surface area contributed by atoms with Gasteiger partial charge in [0.25, 0.3) is 5.91 Å². The standard InChI is InChI=1S/C18H14ClNO/c19-12-13-8-10-15(11-9-13)20-18(21)17-7-3-5-14-4-1-2-6-16(14)17/h1-11H,12H2,(H,20,21). The first kappa shape index (κ1) is 13.7. The molecule has 21 heavy (non-hydrogen) atoms. The van der Waals surface area contributed by atoms with Gasteiger partial charge in [-0.15, -0.1) is 11.6 Å². The van der Waals surface area contributed by atoms with Crippen molar-refractivity contribution >= 4 is 34.0 Å². The minimum atomic E-state index is -0.106. The first-order valence-corrected chi connectivity index (χ1v) is 7.25. The van der Waals surface area contributed by atoms with E-state index in [1.165, 1.54) is 0 Å². The number of benzene rings is 3. The molecule has 0 aliphatic rings. The molecule has 1 N–H and O–H groups in total. The van der Waals surface area contributed by atoms with Crippen molar-refractivity contribution in [1.82, 2.24) is 0 Å². The Kier molecular flexibility index (Phi) is 3.89. The zero-order valence-electron chi connectivity index (χ0n) is 11.3. The lowest BCUT2D eigenvalue weighted by atomic mass is 10.0. The third-order valence-corrected chi connectivity index (χ3v) is 3.71. The highest BCUT2D eigenvalue weighted by Gasteiger charge is 2.09. The van der Waals surface area contributed by atoms with Gasteiger partial charge in [-0.3, -0.25) is 4.79 Å². The summed E-state index contributed by atoms with van der Waals surface area (Å²) in [4.78, 5) is 12.4. The van der Waals surface area contributed by atoms with Crippen molar-refractivity contribution in [3.63, 3.8) is 0 Å². The molecule has 3 rings (SSSR count). The zero-order chi connectivity index (χ0) is 14.7. The summed E-state index contributed by atoms with van der Waals surface area (Å²) in [6.45, 7) is 0. The maximum absolute atomic E-state index is 12.4. The second-order valence-electron chi connectivity index (χ2n) is 4.81. The van der Waals surface area contributed by atoms with E-state index in [0.717, 1.165) is 22.0 Å². The van der Waals surface area contributed by atoms with Crippen molar-refractivity contribution in [1.29, 1.82) is 0 Å². The fraction of sp³-hybridized carbons (Fsp3) is 0.0556. The molecule has 0 atom stereocenters. The molecule has 0 aliphatic heterocycles. The quantitative estimate of drug-likeness (QED) is 0.689. The normalized spacial score (nSPS) is 10.5. The largest absolute Gasteiger partial charge is 0.322 e. The maximum Gasteiger partial charge on any atom is 0.256 e. The van der Waals surface area contributed by atoms with E-state index in [-0.39, 0.29) is 5.91 Å². The minimum absolute atomic E-state index is 0.106. The molecule has 0 spiro atoms. The van der Waals surface area contributed by atoms with Gasteiger partial charge in [0.2, 0.25) is 0 Å². The summed E-state index contributed by atoms with van der Waals surface area (Å²) in [5.74, 6) is 0.364. The van der Waals surface area contributed by atoms with E-state index in [0.29, 0.717) is 11.4 Å². The van der Waals surface area contributed by atoms with Crippen molar-refractivity contribution in [3.8, 4) is 0 Å². The number of rotatable bonds is 3. The lowest BCUT2D eigenvalue weighted by Gasteiger charge is -2.08. The van der Waals surface area contributed by atoms with Gasteiger partial charge in [0.05, 0.1) is 0 Å². The van der Waals surface area contributed by atoms with Gasteiger partial charge < -0.3 is 5.32 Å². The number of nitrogens with one attached hydrogen (secondary N) is 1. The predicted molar refractivity (Wildman–Crippen MR) is 87.9 cm³/mol. The van der Waals surface area contributed by atoms with Crippen LogP contribution in [0, 0.1) is 0 Å². The zero-order valence-corrected chi connectivity index (χ0v) is 12.1. The number of carbonyl (C=O) groups is 1. The number of hydrogen-bond acceptors (Lipinski definition) is 1. The smallest absolute Gasteiger partial charge is 0.256 e. The molecule has 0 bridgehead atoms. The SMILES string of the molecule is O=C(Nc1ccc(CCl)cc1)c1cccc2ccccc12. The van der Waals surface area contributed by atoms with Gasteiger partial charge in [-0.25, -0.2) is 0 Å². The number of anilines is 1. The summed E-state index contributed by atoms with van der Waals surface area (Å²) >= 11 is 5.76. The summed E-state index contributed by atoms with van der Waals surface area (Å²) in [5, 5.41) is 4.93. The lowest BCUT2D eigenvalue weighted by molar-refractivity contribution is 0.102. The van der Waals surface area contributed by atoms with Gasteiger partial charge in [-0.1, -0.05) is 48.5 Å². The first-order valence-electron chi connectivity index (χ1n) is 6.72. The number of alkyl halides is 1. The molecule has 0 heterocycles. The summed E-state index contributed by atoms with van der Waals surface area (Å²) in [5.41, 5.74) is 2.47. The van der Waals surface area contributed by atoms with Gasteiger partial charge in [0.15, 0.2) is 0 Å². The molecular formula is C18H14ClNO. The van der Waals surface area contributed by atoms with E-state index in [4.69, 9.17) is 11.6 Å². The van der Waals surface area contributed by atoms with Crippen LogP contribution in [0.1, 0.15) is 15.9 Å². The van der Waals surface area contributed by atoms with Crippen LogP contribution < -0.4 is 5.32 Å². The van der Waals surface area contributed by atoms with Crippen molar-refractivity contribution in [2.75, 3.05) is 5.32 Å². The summed E-state index contributed by atoms with van der Waals surface area (Å²) in [6.07, 6.45) is 0. The van der Waals surface area contributed by atoms with E-state index in [1.807, 2.05) is 66.7 Å². The first-order chi connectivity index (χ1) is 10.3. The van der Waals surface area contributed by atoms with E-state index in [1.54, 1.807) is 0 Å². The second-order valence-corrected chi connectivity index (χ2v) is 5.08. The summed E-state index contributed by atoms with van der Waals surface area (Å²) in [6, 6.07) is 21.1. The minimum Gasteiger partial charge on any atom is -0.322 e. The van der Waals surface area contributed by atoms with Gasteiger partial charge in [0, 0.05) is 17.1 Å². The monoisotopic (exact) mass is 295 g/mol. The Bertz CT molecular complexity index is 775. The molecule has 0 saturated carbocycles. The highest BCUT2D eigenvalue weighted by atomic mass is 35.5. The fourth-order valence-electron chi connectivity index (χ4n) is 2.30. The van der Waals surface area contributed by atoms with Crippen LogP contribution in [-0.2, 0) is 5.88 Å². The Morgan fingerprint density at radius 1 is 0.905 bits per heavy atom. The highest BCUT2D eigenvalue weighted by Crippen LogP contribution is 2.20. The second kappa shape index (κ2) is 5.98. The Balaban J connectivity index is 1.90. The number of amides is 1. The fourth-order valence-corrected chi connectivity index (χ4v) is 2.48. The van der Waals surface area contributed by atoms with Crippen molar-refractivity contribution in [2.45, 2.75) is 5.88 Å². The Hall–Kier alpha value is -2.32. The van der Waals surface area contributed by atoms with E-state index in [2.05, 4.69) is 5.32 Å². The van der Waals surface area contributed by atoms with Gasteiger partial charge in [-0.05, 0) is 34.5 Å². The predicted octanol–water partition coefficient (Wildman–Crippen LogP) is 4.83. The van der Waals surface area contributed by atoms with Crippen LogP contribution in [0.15, 0.2) is 66.7 Å². The maximum atomic E-state index is 12.4. The number of fused-ring (bicyclic) bond motifs is 1. The van der Waals surface area contributed by atoms with E-state index in [9.17, 15) is 4.79 Å². The van der Waals surface area contributed by atoms with Crippen LogP contribution in [0.2, 0.25) is 0 Å². The molecule has 0 unspecified atom stereocenters. The average molecular weight is 296 g/mol. The molecule has 3 heteroatoms. The van der Waals surface area contributed by atoms with Crippen LogP contribution in [-0.4, -0.2) is 5.91 Å². The third-order valence-electron chi connectivity index (χ3n) is 3.40. The molecule has 3 aromatic carbocycles. The van der Waals surface area contributed by atoms with Gasteiger partial charge in [0.1, 0.15) is 0 Å². The van der Waals surface area contributed by atoms with Crippen LogP contribution in [0.25, 0.3) is 10.8 Å². The van der Waals surface area contributed by atoms with E-state index >= 15 is 0 Å². The molecule has 2 nitrogen and oxygen atoms in total. The van der Waals surface area contributed by atoms with Crippen molar-refractivity contribution in [2.24, 2.45) is 0 Å². The van der Waals surface area contributed by atoms with Gasteiger partial charge in [-0.2, -0.15) is 0 Å². The Labute approximate surface area is 128 Å². The molecule has 3 aromatic rings. The van der Waals surface area contributed by atoms with Gasteiger partial charge >= 0.3 is 0 Å². The molecule has 0 aromatic heterocycles. The number of hydrogen-bond donors (Lipinski definition) is 1. The molecule has 0 aliphatic carbocycles. The van der Waals surface area contributed by atoms with E-state index < -0.39 is 0 Å². The molecule has 0 fully saturated rings. The van der Waals surface area contributed by atoms with Crippen LogP contribution >= 0.6 is 11.6 Å².